The second-order valence-electron chi connectivity index (χ2n) is 4.40. The summed E-state index contributed by atoms with van der Waals surface area (Å²) < 4.78 is 0. The fraction of sp³-hybridized carbons (Fsp3) is 0.286. The summed E-state index contributed by atoms with van der Waals surface area (Å²) in [6, 6.07) is 9.25. The zero-order valence-electron chi connectivity index (χ0n) is 11.5. The molecule has 116 valence electrons. The van der Waals surface area contributed by atoms with Crippen LogP contribution in [0.15, 0.2) is 42.9 Å². The molecule has 1 atom stereocenters. The fourth-order valence-corrected chi connectivity index (χ4v) is 1.83. The van der Waals surface area contributed by atoms with E-state index in [4.69, 9.17) is 5.73 Å². The van der Waals surface area contributed by atoms with Gasteiger partial charge in [0.05, 0.1) is 18.1 Å². The third-order valence-electron chi connectivity index (χ3n) is 2.87. The number of hydrogen-bond donors (Lipinski definition) is 3. The number of aromatic amines is 1. The number of nitrogens with one attached hydrogen (secondary N) is 2. The van der Waals surface area contributed by atoms with Crippen molar-refractivity contribution in [2.45, 2.75) is 18.9 Å². The minimum absolute atomic E-state index is 0. The van der Waals surface area contributed by atoms with E-state index in [1.807, 2.05) is 36.5 Å². The SMILES string of the molecule is Br.Br.N[C@@H](Cc1ccccc1)C(=O)NCCc1c[nH]cn1. The smallest absolute Gasteiger partial charge is 0.237 e. The standard InChI is InChI=1S/C14H18N4O.2BrH/c15-13(8-11-4-2-1-3-5-11)14(19)17-7-6-12-9-16-10-18-12;;/h1-5,9-10,13H,6-8,15H2,(H,16,18)(H,17,19);2*1H/t13-;;/m0../s1. The fourth-order valence-electron chi connectivity index (χ4n) is 1.83. The number of benzene rings is 1. The van der Waals surface area contributed by atoms with Gasteiger partial charge in [0.15, 0.2) is 0 Å². The summed E-state index contributed by atoms with van der Waals surface area (Å²) in [4.78, 5) is 18.8. The Kier molecular flexibility index (Phi) is 9.94. The molecule has 5 nitrogen and oxygen atoms in total. The number of hydrogen-bond acceptors (Lipinski definition) is 3. The Morgan fingerprint density at radius 2 is 2.00 bits per heavy atom. The molecule has 21 heavy (non-hydrogen) atoms. The van der Waals surface area contributed by atoms with Crippen molar-refractivity contribution in [2.24, 2.45) is 5.73 Å². The van der Waals surface area contributed by atoms with Crippen molar-refractivity contribution < 1.29 is 4.79 Å². The number of H-pyrrole nitrogens is 1. The molecule has 0 saturated carbocycles. The van der Waals surface area contributed by atoms with E-state index in [1.54, 1.807) is 6.33 Å². The molecule has 0 aliphatic heterocycles. The molecule has 4 N–H and O–H groups in total. The maximum Gasteiger partial charge on any atom is 0.237 e. The highest BCUT2D eigenvalue weighted by Gasteiger charge is 2.13. The van der Waals surface area contributed by atoms with E-state index in [9.17, 15) is 4.79 Å². The Bertz CT molecular complexity index is 505. The summed E-state index contributed by atoms with van der Waals surface area (Å²) in [7, 11) is 0. The van der Waals surface area contributed by atoms with Gasteiger partial charge in [0, 0.05) is 19.2 Å². The number of rotatable bonds is 6. The van der Waals surface area contributed by atoms with Gasteiger partial charge in [-0.1, -0.05) is 30.3 Å². The normalized spacial score (nSPS) is 10.9. The monoisotopic (exact) mass is 418 g/mol. The average molecular weight is 420 g/mol. The summed E-state index contributed by atoms with van der Waals surface area (Å²) in [5.74, 6) is -0.126. The summed E-state index contributed by atoms with van der Waals surface area (Å²) in [6.07, 6.45) is 4.69. The molecule has 0 aliphatic carbocycles. The molecule has 0 radical (unpaired) electrons. The molecule has 0 fully saturated rings. The zero-order chi connectivity index (χ0) is 13.5. The van der Waals surface area contributed by atoms with Gasteiger partial charge in [0.25, 0.3) is 0 Å². The molecule has 1 amide bonds. The number of amides is 1. The van der Waals surface area contributed by atoms with Gasteiger partial charge in [-0.2, -0.15) is 0 Å². The summed E-state index contributed by atoms with van der Waals surface area (Å²) in [5, 5.41) is 2.82. The lowest BCUT2D eigenvalue weighted by Crippen LogP contribution is -2.42. The van der Waals surface area contributed by atoms with Crippen LogP contribution >= 0.6 is 34.0 Å². The largest absolute Gasteiger partial charge is 0.354 e. The number of carbonyl (C=O) groups is 1. The summed E-state index contributed by atoms with van der Waals surface area (Å²) >= 11 is 0. The van der Waals surface area contributed by atoms with Crippen molar-refractivity contribution in [3.63, 3.8) is 0 Å². The van der Waals surface area contributed by atoms with Crippen LogP contribution in [0.5, 0.6) is 0 Å². The summed E-state index contributed by atoms with van der Waals surface area (Å²) in [6.45, 7) is 0.548. The van der Waals surface area contributed by atoms with Crippen LogP contribution < -0.4 is 11.1 Å². The molecule has 2 rings (SSSR count). The Morgan fingerprint density at radius 3 is 2.62 bits per heavy atom. The lowest BCUT2D eigenvalue weighted by Gasteiger charge is -2.11. The van der Waals surface area contributed by atoms with Gasteiger partial charge in [-0.25, -0.2) is 4.98 Å². The maximum atomic E-state index is 11.8. The molecule has 1 heterocycles. The van der Waals surface area contributed by atoms with E-state index >= 15 is 0 Å². The van der Waals surface area contributed by atoms with Crippen LogP contribution in [0.1, 0.15) is 11.3 Å². The molecule has 1 aromatic carbocycles. The third-order valence-corrected chi connectivity index (χ3v) is 2.87. The first-order valence-corrected chi connectivity index (χ1v) is 6.30. The van der Waals surface area contributed by atoms with Crippen LogP contribution in [0, 0.1) is 0 Å². The predicted molar refractivity (Wildman–Crippen MR) is 94.1 cm³/mol. The van der Waals surface area contributed by atoms with Gasteiger partial charge in [-0.05, 0) is 12.0 Å². The molecule has 0 bridgehead atoms. The zero-order valence-corrected chi connectivity index (χ0v) is 14.9. The number of aromatic nitrogens is 2. The quantitative estimate of drug-likeness (QED) is 0.667. The molecule has 7 heteroatoms. The van der Waals surface area contributed by atoms with Crippen LogP contribution in [0.3, 0.4) is 0 Å². The topological polar surface area (TPSA) is 83.8 Å². The van der Waals surface area contributed by atoms with Crippen LogP contribution in [-0.4, -0.2) is 28.5 Å². The van der Waals surface area contributed by atoms with E-state index in [1.165, 1.54) is 0 Å². The second-order valence-corrected chi connectivity index (χ2v) is 4.40. The Morgan fingerprint density at radius 1 is 1.29 bits per heavy atom. The highest BCUT2D eigenvalue weighted by Crippen LogP contribution is 2.01. The van der Waals surface area contributed by atoms with Crippen LogP contribution in [0.2, 0.25) is 0 Å². The van der Waals surface area contributed by atoms with Crippen molar-refractivity contribution in [3.8, 4) is 0 Å². The molecular weight excluding hydrogens is 400 g/mol. The lowest BCUT2D eigenvalue weighted by molar-refractivity contribution is -0.122. The van der Waals surface area contributed by atoms with Gasteiger partial charge in [-0.15, -0.1) is 34.0 Å². The molecule has 1 aromatic heterocycles. The highest BCUT2D eigenvalue weighted by atomic mass is 79.9. The van der Waals surface area contributed by atoms with Crippen LogP contribution in [0.4, 0.5) is 0 Å². The number of carbonyl (C=O) groups excluding carboxylic acids is 1. The van der Waals surface area contributed by atoms with E-state index in [2.05, 4.69) is 15.3 Å². The molecule has 0 unspecified atom stereocenters. The van der Waals surface area contributed by atoms with Crippen molar-refractivity contribution in [2.75, 3.05) is 6.54 Å². The number of imidazole rings is 1. The molecule has 0 spiro atoms. The number of nitrogens with two attached hydrogens (primary N) is 1. The molecule has 0 saturated heterocycles. The van der Waals surface area contributed by atoms with Crippen LogP contribution in [0.25, 0.3) is 0 Å². The van der Waals surface area contributed by atoms with Crippen molar-refractivity contribution in [1.29, 1.82) is 0 Å². The second kappa shape index (κ2) is 10.5. The van der Waals surface area contributed by atoms with Crippen molar-refractivity contribution in [1.82, 2.24) is 15.3 Å². The number of nitrogens with zero attached hydrogens (tertiary/aromatic N) is 1. The van der Waals surface area contributed by atoms with Gasteiger partial charge in [0.2, 0.25) is 5.91 Å². The van der Waals surface area contributed by atoms with Gasteiger partial charge >= 0.3 is 0 Å². The van der Waals surface area contributed by atoms with Crippen molar-refractivity contribution in [3.05, 3.63) is 54.1 Å². The van der Waals surface area contributed by atoms with Crippen LogP contribution in [-0.2, 0) is 17.6 Å². The molecule has 2 aromatic rings. The van der Waals surface area contributed by atoms with E-state index < -0.39 is 6.04 Å². The third kappa shape index (κ3) is 6.88. The first-order chi connectivity index (χ1) is 9.25. The van der Waals surface area contributed by atoms with Gasteiger partial charge in [-0.3, -0.25) is 4.79 Å². The minimum Gasteiger partial charge on any atom is -0.354 e. The van der Waals surface area contributed by atoms with E-state index in [0.29, 0.717) is 19.4 Å². The highest BCUT2D eigenvalue weighted by molar-refractivity contribution is 8.93. The predicted octanol–water partition coefficient (Wildman–Crippen LogP) is 1.79. The first-order valence-electron chi connectivity index (χ1n) is 6.30. The van der Waals surface area contributed by atoms with Crippen molar-refractivity contribution >= 4 is 39.9 Å². The van der Waals surface area contributed by atoms with Gasteiger partial charge in [0.1, 0.15) is 0 Å². The van der Waals surface area contributed by atoms with E-state index in [-0.39, 0.29) is 39.9 Å². The lowest BCUT2D eigenvalue weighted by atomic mass is 10.1. The van der Waals surface area contributed by atoms with Gasteiger partial charge < -0.3 is 16.0 Å². The molecule has 0 aliphatic rings. The number of halogens is 2. The first kappa shape index (κ1) is 19.8. The average Bonchev–Trinajstić information content (AvgIpc) is 2.93. The Balaban J connectivity index is 0.00000200. The molecular formula is C14H20Br2N4O. The Hall–Kier alpha value is -1.18. The maximum absolute atomic E-state index is 11.8. The van der Waals surface area contributed by atoms with E-state index in [0.717, 1.165) is 11.3 Å². The Labute approximate surface area is 145 Å². The summed E-state index contributed by atoms with van der Waals surface area (Å²) in [5.41, 5.74) is 7.87. The minimum atomic E-state index is -0.512.